The maximum atomic E-state index is 12.3. The number of carbonyl (C=O) groups excluding carboxylic acids is 1. The Balaban J connectivity index is 1.98. The summed E-state index contributed by atoms with van der Waals surface area (Å²) >= 11 is 8.57. The Morgan fingerprint density at radius 3 is 2.54 bits per heavy atom. The fraction of sp³-hybridized carbons (Fsp3) is 0.471. The van der Waals surface area contributed by atoms with Gasteiger partial charge in [-0.15, -0.1) is 0 Å². The Bertz CT molecular complexity index is 819. The van der Waals surface area contributed by atoms with Gasteiger partial charge in [0.05, 0.1) is 19.6 Å². The summed E-state index contributed by atoms with van der Waals surface area (Å²) in [7, 11) is 1.84. The zero-order valence-electron chi connectivity index (χ0n) is 15.1. The number of benzene rings is 1. The summed E-state index contributed by atoms with van der Waals surface area (Å²) < 4.78 is 14.4. The molecule has 0 aliphatic rings. The monoisotopic (exact) mass is 442 g/mol. The second kappa shape index (κ2) is 9.72. The molecule has 0 aliphatic heterocycles. The molecule has 0 aliphatic carbocycles. The molecule has 2 aromatic rings. The Labute approximate surface area is 166 Å². The SMILES string of the molecule is CCOc1cc(Br)c(CC(=O)NCCc2n[nH]c(=S)n2C)cc1OCC. The summed E-state index contributed by atoms with van der Waals surface area (Å²) in [5.74, 6) is 2.03. The Kier molecular flexibility index (Phi) is 7.65. The second-order valence-electron chi connectivity index (χ2n) is 5.54. The fourth-order valence-corrected chi connectivity index (χ4v) is 3.02. The van der Waals surface area contributed by atoms with E-state index in [0.717, 1.165) is 15.9 Å². The van der Waals surface area contributed by atoms with Gasteiger partial charge in [-0.2, -0.15) is 5.10 Å². The highest BCUT2D eigenvalue weighted by Crippen LogP contribution is 2.34. The van der Waals surface area contributed by atoms with Crippen LogP contribution in [0, 0.1) is 4.77 Å². The van der Waals surface area contributed by atoms with Crippen molar-refractivity contribution in [3.63, 3.8) is 0 Å². The van der Waals surface area contributed by atoms with Gasteiger partial charge >= 0.3 is 0 Å². The number of hydrogen-bond donors (Lipinski definition) is 2. The van der Waals surface area contributed by atoms with Crippen LogP contribution in [-0.4, -0.2) is 40.4 Å². The summed E-state index contributed by atoms with van der Waals surface area (Å²) in [6.07, 6.45) is 0.843. The smallest absolute Gasteiger partial charge is 0.224 e. The van der Waals surface area contributed by atoms with Crippen molar-refractivity contribution >= 4 is 34.1 Å². The Morgan fingerprint density at radius 1 is 1.31 bits per heavy atom. The number of rotatable bonds is 9. The largest absolute Gasteiger partial charge is 0.490 e. The van der Waals surface area contributed by atoms with Gasteiger partial charge < -0.3 is 19.4 Å². The number of hydrogen-bond acceptors (Lipinski definition) is 5. The first-order valence-electron chi connectivity index (χ1n) is 8.41. The standard InChI is InChI=1S/C17H23BrN4O3S/c1-4-24-13-8-11(12(18)10-14(13)25-5-2)9-16(23)19-7-6-15-20-21-17(26)22(15)3/h8,10H,4-7,9H2,1-3H3,(H,19,23)(H,21,26). The van der Waals surface area contributed by atoms with Crippen LogP contribution < -0.4 is 14.8 Å². The van der Waals surface area contributed by atoms with Crippen molar-refractivity contribution in [3.8, 4) is 11.5 Å². The van der Waals surface area contributed by atoms with Crippen molar-refractivity contribution < 1.29 is 14.3 Å². The number of nitrogens with zero attached hydrogens (tertiary/aromatic N) is 2. The number of ether oxygens (including phenoxy) is 2. The van der Waals surface area contributed by atoms with Crippen molar-refractivity contribution in [3.05, 3.63) is 32.8 Å². The van der Waals surface area contributed by atoms with E-state index in [1.54, 1.807) is 4.57 Å². The molecule has 1 aromatic heterocycles. The average molecular weight is 443 g/mol. The third-order valence-corrected chi connectivity index (χ3v) is 4.81. The van der Waals surface area contributed by atoms with Crippen LogP contribution in [0.1, 0.15) is 25.2 Å². The zero-order chi connectivity index (χ0) is 19.1. The number of aromatic amines is 1. The topological polar surface area (TPSA) is 81.2 Å². The number of H-pyrrole nitrogens is 1. The molecule has 0 radical (unpaired) electrons. The van der Waals surface area contributed by atoms with Crippen molar-refractivity contribution in [1.29, 1.82) is 0 Å². The van der Waals surface area contributed by atoms with Crippen LogP contribution in [0.25, 0.3) is 0 Å². The summed E-state index contributed by atoms with van der Waals surface area (Å²) in [6.45, 7) is 5.38. The molecular formula is C17H23BrN4O3S. The second-order valence-corrected chi connectivity index (χ2v) is 6.78. The minimum Gasteiger partial charge on any atom is -0.490 e. The molecule has 2 rings (SSSR count). The lowest BCUT2D eigenvalue weighted by molar-refractivity contribution is -0.120. The van der Waals surface area contributed by atoms with Gasteiger partial charge in [-0.1, -0.05) is 15.9 Å². The van der Waals surface area contributed by atoms with E-state index in [4.69, 9.17) is 21.7 Å². The van der Waals surface area contributed by atoms with Crippen LogP contribution in [0.5, 0.6) is 11.5 Å². The Morgan fingerprint density at radius 2 is 1.96 bits per heavy atom. The number of halogens is 1. The number of carbonyl (C=O) groups is 1. The zero-order valence-corrected chi connectivity index (χ0v) is 17.5. The van der Waals surface area contributed by atoms with Crippen molar-refractivity contribution in [2.45, 2.75) is 26.7 Å². The molecule has 1 heterocycles. The first kappa shape index (κ1) is 20.4. The molecule has 0 bridgehead atoms. The molecule has 7 nitrogen and oxygen atoms in total. The molecule has 0 fully saturated rings. The van der Waals surface area contributed by atoms with Gasteiger partial charge in [0.15, 0.2) is 16.3 Å². The van der Waals surface area contributed by atoms with Gasteiger partial charge in [0, 0.05) is 24.5 Å². The number of nitrogens with one attached hydrogen (secondary N) is 2. The predicted molar refractivity (Wildman–Crippen MR) is 105 cm³/mol. The van der Waals surface area contributed by atoms with Gasteiger partial charge in [-0.25, -0.2) is 0 Å². The summed E-state index contributed by atoms with van der Waals surface area (Å²) in [6, 6.07) is 3.68. The van der Waals surface area contributed by atoms with Crippen LogP contribution >= 0.6 is 28.1 Å². The normalized spacial score (nSPS) is 10.6. The highest BCUT2D eigenvalue weighted by Gasteiger charge is 2.13. The van der Waals surface area contributed by atoms with Gasteiger partial charge in [-0.05, 0) is 43.8 Å². The molecule has 9 heteroatoms. The third-order valence-electron chi connectivity index (χ3n) is 3.71. The maximum absolute atomic E-state index is 12.3. The maximum Gasteiger partial charge on any atom is 0.224 e. The third kappa shape index (κ3) is 5.31. The lowest BCUT2D eigenvalue weighted by Gasteiger charge is -2.14. The molecule has 2 N–H and O–H groups in total. The predicted octanol–water partition coefficient (Wildman–Crippen LogP) is 2.94. The molecule has 0 atom stereocenters. The Hall–Kier alpha value is -1.87. The quantitative estimate of drug-likeness (QED) is 0.583. The highest BCUT2D eigenvalue weighted by molar-refractivity contribution is 9.10. The molecule has 1 aromatic carbocycles. The summed E-state index contributed by atoms with van der Waals surface area (Å²) in [5.41, 5.74) is 0.840. The molecule has 1 amide bonds. The van der Waals surface area contributed by atoms with E-state index in [0.29, 0.717) is 42.4 Å². The lowest BCUT2D eigenvalue weighted by Crippen LogP contribution is -2.28. The molecular weight excluding hydrogens is 420 g/mol. The average Bonchev–Trinajstić information content (AvgIpc) is 2.91. The summed E-state index contributed by atoms with van der Waals surface area (Å²) in [4.78, 5) is 12.3. The van der Waals surface area contributed by atoms with E-state index in [1.807, 2.05) is 33.0 Å². The summed E-state index contributed by atoms with van der Waals surface area (Å²) in [5, 5.41) is 9.75. The van der Waals surface area contributed by atoms with E-state index < -0.39 is 0 Å². The first-order valence-corrected chi connectivity index (χ1v) is 9.61. The molecule has 0 spiro atoms. The van der Waals surface area contributed by atoms with E-state index >= 15 is 0 Å². The van der Waals surface area contributed by atoms with Crippen LogP contribution in [-0.2, 0) is 24.7 Å². The van der Waals surface area contributed by atoms with Crippen LogP contribution in [0.3, 0.4) is 0 Å². The van der Waals surface area contributed by atoms with E-state index in [-0.39, 0.29) is 12.3 Å². The van der Waals surface area contributed by atoms with Gasteiger partial charge in [-0.3, -0.25) is 9.89 Å². The first-order chi connectivity index (χ1) is 12.5. The number of amides is 1. The lowest BCUT2D eigenvalue weighted by atomic mass is 10.1. The molecule has 0 saturated heterocycles. The fourth-order valence-electron chi connectivity index (χ4n) is 2.40. The van der Waals surface area contributed by atoms with Gasteiger partial charge in [0.2, 0.25) is 5.91 Å². The molecule has 0 saturated carbocycles. The van der Waals surface area contributed by atoms with Crippen LogP contribution in [0.15, 0.2) is 16.6 Å². The number of aromatic nitrogens is 3. The molecule has 142 valence electrons. The molecule has 26 heavy (non-hydrogen) atoms. The van der Waals surface area contributed by atoms with E-state index in [1.165, 1.54) is 0 Å². The molecule has 0 unspecified atom stereocenters. The van der Waals surface area contributed by atoms with Crippen molar-refractivity contribution in [1.82, 2.24) is 20.1 Å². The van der Waals surface area contributed by atoms with Crippen LogP contribution in [0.4, 0.5) is 0 Å². The van der Waals surface area contributed by atoms with Crippen LogP contribution in [0.2, 0.25) is 0 Å². The minimum atomic E-state index is -0.0749. The van der Waals surface area contributed by atoms with Crippen molar-refractivity contribution in [2.75, 3.05) is 19.8 Å². The highest BCUT2D eigenvalue weighted by atomic mass is 79.9. The van der Waals surface area contributed by atoms with Gasteiger partial charge in [0.25, 0.3) is 0 Å². The minimum absolute atomic E-state index is 0.0749. The van der Waals surface area contributed by atoms with Crippen molar-refractivity contribution in [2.24, 2.45) is 7.05 Å². The van der Waals surface area contributed by atoms with Gasteiger partial charge in [0.1, 0.15) is 5.82 Å². The van der Waals surface area contributed by atoms with E-state index in [9.17, 15) is 4.79 Å². The van der Waals surface area contributed by atoms with E-state index in [2.05, 4.69) is 31.4 Å².